The lowest BCUT2D eigenvalue weighted by atomic mass is 10.1. The summed E-state index contributed by atoms with van der Waals surface area (Å²) in [5.41, 5.74) is 1.39. The van der Waals surface area contributed by atoms with Gasteiger partial charge < -0.3 is 14.6 Å². The molecule has 0 aliphatic heterocycles. The summed E-state index contributed by atoms with van der Waals surface area (Å²) in [7, 11) is -2.71. The Hall–Kier alpha value is -2.86. The van der Waals surface area contributed by atoms with E-state index in [1.54, 1.807) is 48.5 Å². The van der Waals surface area contributed by atoms with Crippen LogP contribution < -0.4 is 19.5 Å². The summed E-state index contributed by atoms with van der Waals surface area (Å²) in [6.07, 6.45) is -0.583. The summed E-state index contributed by atoms with van der Waals surface area (Å²) >= 11 is 0.946. The number of benzene rings is 2. The molecule has 1 atom stereocenters. The normalized spacial score (nSPS) is 12.5. The molecule has 0 bridgehead atoms. The minimum atomic E-state index is -4.21. The Morgan fingerprint density at radius 3 is 2.50 bits per heavy atom. The van der Waals surface area contributed by atoms with Gasteiger partial charge in [-0.05, 0) is 35.4 Å². The molecule has 9 nitrogen and oxygen atoms in total. The molecule has 160 valence electrons. The lowest BCUT2D eigenvalue weighted by molar-refractivity contribution is 0.135. The first-order valence-corrected chi connectivity index (χ1v) is 11.0. The van der Waals surface area contributed by atoms with E-state index >= 15 is 0 Å². The molecule has 0 saturated carbocycles. The van der Waals surface area contributed by atoms with Gasteiger partial charge in [0.2, 0.25) is 5.88 Å². The van der Waals surface area contributed by atoms with Gasteiger partial charge in [-0.25, -0.2) is 9.32 Å². The highest BCUT2D eigenvalue weighted by molar-refractivity contribution is 7.84. The number of H-pyrrole nitrogens is 1. The van der Waals surface area contributed by atoms with Gasteiger partial charge in [0.25, 0.3) is 0 Å². The van der Waals surface area contributed by atoms with Crippen LogP contribution in [0.2, 0.25) is 0 Å². The third-order valence-electron chi connectivity index (χ3n) is 4.11. The molecule has 1 aromatic heterocycles. The number of nitrogens with one attached hydrogen (secondary N) is 1. The summed E-state index contributed by atoms with van der Waals surface area (Å²) in [5.74, 6) is 0.887. The van der Waals surface area contributed by atoms with Crippen LogP contribution in [0.3, 0.4) is 0 Å². The zero-order valence-electron chi connectivity index (χ0n) is 15.9. The second-order valence-corrected chi connectivity index (χ2v) is 8.52. The molecule has 11 heteroatoms. The van der Waals surface area contributed by atoms with Gasteiger partial charge in [-0.2, -0.15) is 8.42 Å². The second-order valence-electron chi connectivity index (χ2n) is 6.27. The van der Waals surface area contributed by atoms with Crippen LogP contribution in [0.1, 0.15) is 22.1 Å². The van der Waals surface area contributed by atoms with E-state index in [9.17, 15) is 18.3 Å². The fourth-order valence-electron chi connectivity index (χ4n) is 2.72. The molecular formula is C19H20N2O7S2. The number of aromatic amines is 1. The van der Waals surface area contributed by atoms with E-state index in [1.807, 2.05) is 0 Å². The standard InChI is InChI=1S/C19H20N2O7S2/c1-26-15-4-2-3-13(10-15)16(28-30(20,24)25)11-27-14-7-5-12(6-8-14)9-17-18(22)21-19(23)29-17/h2-8,10,16,22H,9,11H2,1H3,(H,21,23)(H2,20,24,25). The molecule has 1 heterocycles. The largest absolute Gasteiger partial charge is 0.497 e. The van der Waals surface area contributed by atoms with Crippen molar-refractivity contribution in [3.63, 3.8) is 0 Å². The number of hydrogen-bond acceptors (Lipinski definition) is 8. The molecule has 4 N–H and O–H groups in total. The predicted molar refractivity (Wildman–Crippen MR) is 111 cm³/mol. The van der Waals surface area contributed by atoms with Gasteiger partial charge >= 0.3 is 15.2 Å². The van der Waals surface area contributed by atoms with Gasteiger partial charge in [-0.15, -0.1) is 0 Å². The molecule has 0 fully saturated rings. The van der Waals surface area contributed by atoms with Crippen LogP contribution in [0.5, 0.6) is 17.4 Å². The smallest absolute Gasteiger partial charge is 0.333 e. The predicted octanol–water partition coefficient (Wildman–Crippen LogP) is 2.08. The number of thiazole rings is 1. The maximum absolute atomic E-state index is 11.5. The van der Waals surface area contributed by atoms with Crippen molar-refractivity contribution < 1.29 is 27.2 Å². The van der Waals surface area contributed by atoms with Gasteiger partial charge in [0, 0.05) is 6.42 Å². The molecule has 0 aliphatic carbocycles. The highest BCUT2D eigenvalue weighted by Gasteiger charge is 2.20. The lowest BCUT2D eigenvalue weighted by Gasteiger charge is -2.18. The van der Waals surface area contributed by atoms with Gasteiger partial charge in [-0.3, -0.25) is 9.78 Å². The molecule has 0 radical (unpaired) electrons. The number of aromatic nitrogens is 1. The zero-order chi connectivity index (χ0) is 21.7. The number of aromatic hydroxyl groups is 1. The maximum Gasteiger partial charge on any atom is 0.333 e. The number of methoxy groups -OCH3 is 1. The van der Waals surface area contributed by atoms with Gasteiger partial charge in [0.15, 0.2) is 0 Å². The highest BCUT2D eigenvalue weighted by atomic mass is 32.2. The van der Waals surface area contributed by atoms with Crippen LogP contribution in [0.25, 0.3) is 0 Å². The Labute approximate surface area is 176 Å². The average Bonchev–Trinajstić information content (AvgIpc) is 3.02. The van der Waals surface area contributed by atoms with E-state index < -0.39 is 16.4 Å². The van der Waals surface area contributed by atoms with Crippen LogP contribution in [0, 0.1) is 0 Å². The Bertz CT molecular complexity index is 1150. The number of hydrogen-bond donors (Lipinski definition) is 3. The van der Waals surface area contributed by atoms with Crippen LogP contribution in [0.15, 0.2) is 53.3 Å². The SMILES string of the molecule is COc1cccc(C(COc2ccc(Cc3sc(=O)[nH]c3O)cc2)OS(N)(=O)=O)c1. The first-order chi connectivity index (χ1) is 14.2. The van der Waals surface area contributed by atoms with E-state index in [0.29, 0.717) is 28.4 Å². The number of rotatable bonds is 9. The molecular weight excluding hydrogens is 432 g/mol. The third-order valence-corrected chi connectivity index (χ3v) is 5.48. The topological polar surface area (TPSA) is 141 Å². The molecule has 0 spiro atoms. The summed E-state index contributed by atoms with van der Waals surface area (Å²) in [6, 6.07) is 13.7. The van der Waals surface area contributed by atoms with E-state index in [1.165, 1.54) is 7.11 Å². The van der Waals surface area contributed by atoms with Crippen molar-refractivity contribution in [2.75, 3.05) is 13.7 Å². The fourth-order valence-corrected chi connectivity index (χ4v) is 3.96. The van der Waals surface area contributed by atoms with E-state index in [0.717, 1.165) is 16.9 Å². The van der Waals surface area contributed by atoms with E-state index in [2.05, 4.69) is 4.98 Å². The molecule has 3 aromatic rings. The van der Waals surface area contributed by atoms with Gasteiger partial charge in [-0.1, -0.05) is 35.6 Å². The summed E-state index contributed by atoms with van der Waals surface area (Å²) in [6.45, 7) is -0.108. The van der Waals surface area contributed by atoms with Crippen LogP contribution >= 0.6 is 11.3 Å². The van der Waals surface area contributed by atoms with Crippen LogP contribution in [0.4, 0.5) is 0 Å². The fraction of sp³-hybridized carbons (Fsp3) is 0.211. The average molecular weight is 453 g/mol. The van der Waals surface area contributed by atoms with Crippen LogP contribution in [-0.4, -0.2) is 32.2 Å². The summed E-state index contributed by atoms with van der Waals surface area (Å²) in [5, 5.41) is 14.7. The molecule has 2 aromatic carbocycles. The Morgan fingerprint density at radius 1 is 1.17 bits per heavy atom. The quantitative estimate of drug-likeness (QED) is 0.451. The number of ether oxygens (including phenoxy) is 2. The Kier molecular flexibility index (Phi) is 6.77. The van der Waals surface area contributed by atoms with Crippen molar-refractivity contribution in [3.8, 4) is 17.4 Å². The van der Waals surface area contributed by atoms with Crippen LogP contribution in [-0.2, 0) is 20.9 Å². The molecule has 0 aliphatic rings. The van der Waals surface area contributed by atoms with Crippen molar-refractivity contribution in [2.24, 2.45) is 5.14 Å². The first kappa shape index (κ1) is 21.8. The molecule has 3 rings (SSSR count). The number of nitrogens with two attached hydrogens (primary N) is 1. The first-order valence-electron chi connectivity index (χ1n) is 8.71. The Morgan fingerprint density at radius 2 is 1.90 bits per heavy atom. The molecule has 30 heavy (non-hydrogen) atoms. The second kappa shape index (κ2) is 9.30. The Balaban J connectivity index is 1.70. The maximum atomic E-state index is 11.5. The van der Waals surface area contributed by atoms with E-state index in [-0.39, 0.29) is 17.4 Å². The third kappa shape index (κ3) is 6.07. The van der Waals surface area contributed by atoms with Crippen molar-refractivity contribution in [2.45, 2.75) is 12.5 Å². The lowest BCUT2D eigenvalue weighted by Crippen LogP contribution is -2.23. The zero-order valence-corrected chi connectivity index (χ0v) is 17.5. The molecule has 0 saturated heterocycles. The van der Waals surface area contributed by atoms with Crippen molar-refractivity contribution in [1.29, 1.82) is 0 Å². The van der Waals surface area contributed by atoms with Crippen molar-refractivity contribution >= 4 is 21.6 Å². The minimum absolute atomic E-state index is 0.108. The van der Waals surface area contributed by atoms with Gasteiger partial charge in [0.1, 0.15) is 24.2 Å². The van der Waals surface area contributed by atoms with E-state index in [4.69, 9.17) is 18.8 Å². The van der Waals surface area contributed by atoms with Crippen molar-refractivity contribution in [3.05, 3.63) is 74.2 Å². The van der Waals surface area contributed by atoms with Gasteiger partial charge in [0.05, 0.1) is 12.0 Å². The highest BCUT2D eigenvalue weighted by Crippen LogP contribution is 2.26. The minimum Gasteiger partial charge on any atom is -0.497 e. The molecule has 1 unspecified atom stereocenters. The van der Waals surface area contributed by atoms with Crippen molar-refractivity contribution in [1.82, 2.24) is 4.98 Å². The summed E-state index contributed by atoms with van der Waals surface area (Å²) in [4.78, 5) is 13.8. The monoisotopic (exact) mass is 452 g/mol. The summed E-state index contributed by atoms with van der Waals surface area (Å²) < 4.78 is 38.7. The molecule has 0 amide bonds.